The fraction of sp³-hybridized carbons (Fsp3) is 0.308. The molecule has 0 aliphatic rings. The molecule has 0 aliphatic carbocycles. The molecule has 0 saturated carbocycles. The zero-order chi connectivity index (χ0) is 12.4. The first-order valence-electron chi connectivity index (χ1n) is 5.65. The van der Waals surface area contributed by atoms with Crippen LogP contribution in [0.1, 0.15) is 23.0 Å². The summed E-state index contributed by atoms with van der Waals surface area (Å²) in [6, 6.07) is 5.60. The average molecular weight is 251 g/mol. The van der Waals surface area contributed by atoms with Gasteiger partial charge in [0, 0.05) is 16.6 Å². The van der Waals surface area contributed by atoms with E-state index in [0.717, 1.165) is 28.7 Å². The van der Waals surface area contributed by atoms with Crippen molar-refractivity contribution in [3.8, 4) is 0 Å². The van der Waals surface area contributed by atoms with Crippen LogP contribution >= 0.6 is 11.6 Å². The van der Waals surface area contributed by atoms with E-state index in [9.17, 15) is 4.79 Å². The standard InChI is InChI=1S/C13H15ClN2O/c1-3-15-7-11(17)12-8(2)16-13-9(12)5-4-6-10(13)14/h4-6,15-16H,3,7H2,1-2H3. The smallest absolute Gasteiger partial charge is 0.179 e. The molecule has 0 bridgehead atoms. The van der Waals surface area contributed by atoms with Gasteiger partial charge >= 0.3 is 0 Å². The van der Waals surface area contributed by atoms with Crippen molar-refractivity contribution >= 4 is 28.3 Å². The lowest BCUT2D eigenvalue weighted by molar-refractivity contribution is 0.0993. The lowest BCUT2D eigenvalue weighted by Gasteiger charge is -2.01. The van der Waals surface area contributed by atoms with Crippen LogP contribution in [0.2, 0.25) is 5.02 Å². The quantitative estimate of drug-likeness (QED) is 0.820. The number of Topliss-reactive ketones (excluding diaryl/α,β-unsaturated/α-hetero) is 1. The second-order valence-electron chi connectivity index (χ2n) is 3.99. The van der Waals surface area contributed by atoms with Gasteiger partial charge in [0.1, 0.15) is 0 Å². The van der Waals surface area contributed by atoms with E-state index in [-0.39, 0.29) is 5.78 Å². The Labute approximate surface area is 105 Å². The molecule has 1 aromatic heterocycles. The molecule has 0 fully saturated rings. The van der Waals surface area contributed by atoms with Crippen LogP contribution in [-0.4, -0.2) is 23.9 Å². The van der Waals surface area contributed by atoms with E-state index in [0.29, 0.717) is 11.6 Å². The Morgan fingerprint density at radius 3 is 2.94 bits per heavy atom. The van der Waals surface area contributed by atoms with Gasteiger partial charge in [0.05, 0.1) is 17.1 Å². The van der Waals surface area contributed by atoms with Crippen molar-refractivity contribution in [2.45, 2.75) is 13.8 Å². The zero-order valence-corrected chi connectivity index (χ0v) is 10.7. The van der Waals surface area contributed by atoms with Crippen molar-refractivity contribution in [1.82, 2.24) is 10.3 Å². The maximum absolute atomic E-state index is 12.1. The molecule has 0 saturated heterocycles. The summed E-state index contributed by atoms with van der Waals surface area (Å²) in [6.45, 7) is 5.02. The van der Waals surface area contributed by atoms with Crippen LogP contribution in [0.25, 0.3) is 10.9 Å². The molecule has 1 aromatic carbocycles. The molecule has 90 valence electrons. The van der Waals surface area contributed by atoms with Gasteiger partial charge in [0.25, 0.3) is 0 Å². The molecular weight excluding hydrogens is 236 g/mol. The van der Waals surface area contributed by atoms with Gasteiger partial charge in [-0.25, -0.2) is 0 Å². The molecule has 0 unspecified atom stereocenters. The van der Waals surface area contributed by atoms with Crippen molar-refractivity contribution in [3.63, 3.8) is 0 Å². The first kappa shape index (κ1) is 12.1. The normalized spacial score (nSPS) is 11.0. The minimum absolute atomic E-state index is 0.0952. The molecule has 0 spiro atoms. The molecule has 0 atom stereocenters. The first-order valence-corrected chi connectivity index (χ1v) is 6.03. The Hall–Kier alpha value is -1.32. The van der Waals surface area contributed by atoms with E-state index in [1.807, 2.05) is 32.0 Å². The summed E-state index contributed by atoms with van der Waals surface area (Å²) < 4.78 is 0. The van der Waals surface area contributed by atoms with E-state index in [1.54, 1.807) is 0 Å². The lowest BCUT2D eigenvalue weighted by Crippen LogP contribution is -2.22. The monoisotopic (exact) mass is 250 g/mol. The van der Waals surface area contributed by atoms with Gasteiger partial charge in [0.15, 0.2) is 5.78 Å². The van der Waals surface area contributed by atoms with Crippen LogP contribution in [0.15, 0.2) is 18.2 Å². The molecule has 0 aliphatic heterocycles. The van der Waals surface area contributed by atoms with E-state index in [1.165, 1.54) is 0 Å². The number of fused-ring (bicyclic) bond motifs is 1. The predicted molar refractivity (Wildman–Crippen MR) is 70.9 cm³/mol. The van der Waals surface area contributed by atoms with Crippen LogP contribution in [0.5, 0.6) is 0 Å². The summed E-state index contributed by atoms with van der Waals surface area (Å²) in [6.07, 6.45) is 0. The molecule has 2 N–H and O–H groups in total. The highest BCUT2D eigenvalue weighted by atomic mass is 35.5. The van der Waals surface area contributed by atoms with Crippen molar-refractivity contribution in [2.24, 2.45) is 0 Å². The summed E-state index contributed by atoms with van der Waals surface area (Å²) in [5.74, 6) is 0.0952. The lowest BCUT2D eigenvalue weighted by atomic mass is 10.1. The number of hydrogen-bond acceptors (Lipinski definition) is 2. The Balaban J connectivity index is 2.50. The van der Waals surface area contributed by atoms with Crippen molar-refractivity contribution in [1.29, 1.82) is 0 Å². The topological polar surface area (TPSA) is 44.9 Å². The third kappa shape index (κ3) is 2.21. The molecule has 17 heavy (non-hydrogen) atoms. The third-order valence-corrected chi connectivity index (χ3v) is 3.10. The average Bonchev–Trinajstić information content (AvgIpc) is 2.64. The number of hydrogen-bond donors (Lipinski definition) is 2. The van der Waals surface area contributed by atoms with Gasteiger partial charge in [0.2, 0.25) is 0 Å². The largest absolute Gasteiger partial charge is 0.357 e. The molecule has 4 heteroatoms. The number of ketones is 1. The van der Waals surface area contributed by atoms with E-state index in [2.05, 4.69) is 10.3 Å². The molecular formula is C13H15ClN2O. The fourth-order valence-corrected chi connectivity index (χ4v) is 2.22. The van der Waals surface area contributed by atoms with Gasteiger partial charge in [-0.1, -0.05) is 30.7 Å². The number of nitrogens with one attached hydrogen (secondary N) is 2. The number of rotatable bonds is 4. The maximum atomic E-state index is 12.1. The van der Waals surface area contributed by atoms with Gasteiger partial charge in [-0.05, 0) is 19.5 Å². The molecule has 2 aromatic rings. The number of carbonyl (C=O) groups is 1. The van der Waals surface area contributed by atoms with Gasteiger partial charge < -0.3 is 10.3 Å². The number of aryl methyl sites for hydroxylation is 1. The van der Waals surface area contributed by atoms with Crippen LogP contribution in [-0.2, 0) is 0 Å². The summed E-state index contributed by atoms with van der Waals surface area (Å²) in [4.78, 5) is 15.3. The second-order valence-corrected chi connectivity index (χ2v) is 4.40. The minimum Gasteiger partial charge on any atom is -0.357 e. The highest BCUT2D eigenvalue weighted by molar-refractivity contribution is 6.35. The van der Waals surface area contributed by atoms with Crippen molar-refractivity contribution in [2.75, 3.05) is 13.1 Å². The zero-order valence-electron chi connectivity index (χ0n) is 9.93. The fourth-order valence-electron chi connectivity index (χ4n) is 2.00. The number of carbonyl (C=O) groups excluding carboxylic acids is 1. The molecule has 2 rings (SSSR count). The highest BCUT2D eigenvalue weighted by Crippen LogP contribution is 2.27. The van der Waals surface area contributed by atoms with E-state index >= 15 is 0 Å². The van der Waals surface area contributed by atoms with Crippen molar-refractivity contribution < 1.29 is 4.79 Å². The Bertz CT molecular complexity index is 560. The summed E-state index contributed by atoms with van der Waals surface area (Å²) in [5.41, 5.74) is 2.45. The maximum Gasteiger partial charge on any atom is 0.179 e. The highest BCUT2D eigenvalue weighted by Gasteiger charge is 2.16. The predicted octanol–water partition coefficient (Wildman–Crippen LogP) is 2.92. The van der Waals surface area contributed by atoms with E-state index in [4.69, 9.17) is 11.6 Å². The van der Waals surface area contributed by atoms with Gasteiger partial charge in [-0.3, -0.25) is 4.79 Å². The SMILES string of the molecule is CCNCC(=O)c1c(C)[nH]c2c(Cl)cccc12. The number of aromatic amines is 1. The van der Waals surface area contributed by atoms with E-state index < -0.39 is 0 Å². The summed E-state index contributed by atoms with van der Waals surface area (Å²) in [7, 11) is 0. The number of H-pyrrole nitrogens is 1. The molecule has 3 nitrogen and oxygen atoms in total. The summed E-state index contributed by atoms with van der Waals surface area (Å²) >= 11 is 6.09. The van der Waals surface area contributed by atoms with Gasteiger partial charge in [-0.15, -0.1) is 0 Å². The second kappa shape index (κ2) is 4.90. The Morgan fingerprint density at radius 2 is 2.24 bits per heavy atom. The first-order chi connectivity index (χ1) is 8.15. The van der Waals surface area contributed by atoms with Crippen LogP contribution in [0.3, 0.4) is 0 Å². The van der Waals surface area contributed by atoms with Gasteiger partial charge in [-0.2, -0.15) is 0 Å². The summed E-state index contributed by atoms with van der Waals surface area (Å²) in [5, 5.41) is 4.59. The number of aromatic nitrogens is 1. The minimum atomic E-state index is 0.0952. The molecule has 0 radical (unpaired) electrons. The Morgan fingerprint density at radius 1 is 1.47 bits per heavy atom. The third-order valence-electron chi connectivity index (χ3n) is 2.78. The van der Waals surface area contributed by atoms with Crippen LogP contribution in [0, 0.1) is 6.92 Å². The number of halogens is 1. The number of benzene rings is 1. The number of para-hydroxylation sites is 1. The van der Waals surface area contributed by atoms with Crippen molar-refractivity contribution in [3.05, 3.63) is 34.5 Å². The Kier molecular flexibility index (Phi) is 3.50. The molecule has 0 amide bonds. The molecule has 1 heterocycles. The van der Waals surface area contributed by atoms with Crippen LogP contribution in [0.4, 0.5) is 0 Å². The number of likely N-dealkylation sites (N-methyl/N-ethyl adjacent to an activating group) is 1. The van der Waals surface area contributed by atoms with Crippen LogP contribution < -0.4 is 5.32 Å².